The third-order valence-corrected chi connectivity index (χ3v) is 1.94. The molecular formula is C10H16O5. The van der Waals surface area contributed by atoms with Gasteiger partial charge >= 0.3 is 11.9 Å². The Bertz CT molecular complexity index is 246. The molecule has 0 amide bonds. The maximum absolute atomic E-state index is 11.3. The number of carboxylic acids is 1. The Balaban J connectivity index is 3.88. The second-order valence-corrected chi connectivity index (χ2v) is 3.19. The van der Waals surface area contributed by atoms with Gasteiger partial charge in [0.15, 0.2) is 0 Å². The van der Waals surface area contributed by atoms with Crippen molar-refractivity contribution >= 4 is 17.7 Å². The maximum Gasteiger partial charge on any atom is 0.316 e. The lowest BCUT2D eigenvalue weighted by Crippen LogP contribution is -2.23. The number of ketones is 1. The molecule has 0 saturated heterocycles. The van der Waals surface area contributed by atoms with Crippen LogP contribution in [0.3, 0.4) is 0 Å². The van der Waals surface area contributed by atoms with Gasteiger partial charge in [0.25, 0.3) is 0 Å². The molecule has 0 rings (SSSR count). The van der Waals surface area contributed by atoms with E-state index in [0.717, 1.165) is 0 Å². The predicted molar refractivity (Wildman–Crippen MR) is 52.3 cm³/mol. The van der Waals surface area contributed by atoms with E-state index in [1.165, 1.54) is 6.92 Å². The lowest BCUT2D eigenvalue weighted by Gasteiger charge is -2.08. The van der Waals surface area contributed by atoms with E-state index in [2.05, 4.69) is 4.74 Å². The van der Waals surface area contributed by atoms with E-state index in [1.54, 1.807) is 6.92 Å². The average molecular weight is 216 g/mol. The van der Waals surface area contributed by atoms with Crippen LogP contribution in [0.15, 0.2) is 0 Å². The van der Waals surface area contributed by atoms with Crippen LogP contribution in [-0.2, 0) is 19.1 Å². The summed E-state index contributed by atoms with van der Waals surface area (Å²) in [6.45, 7) is 3.38. The Hall–Kier alpha value is -1.39. The van der Waals surface area contributed by atoms with Gasteiger partial charge in [-0.1, -0.05) is 0 Å². The molecule has 15 heavy (non-hydrogen) atoms. The number of Topliss-reactive ketones (excluding diaryl/α,β-unsaturated/α-hetero) is 1. The fraction of sp³-hybridized carbons (Fsp3) is 0.700. The summed E-state index contributed by atoms with van der Waals surface area (Å²) in [6, 6.07) is 0. The minimum Gasteiger partial charge on any atom is -0.481 e. The standard InChI is InChI=1S/C10H16O5/c1-3-15-10(14)7(2)8(11)5-4-6-9(12)13/h7H,3-6H2,1-2H3,(H,12,13). The molecule has 5 heteroatoms. The van der Waals surface area contributed by atoms with Crippen molar-refractivity contribution in [3.63, 3.8) is 0 Å². The number of carbonyl (C=O) groups excluding carboxylic acids is 2. The largest absolute Gasteiger partial charge is 0.481 e. The van der Waals surface area contributed by atoms with Crippen molar-refractivity contribution in [1.82, 2.24) is 0 Å². The molecule has 5 nitrogen and oxygen atoms in total. The first-order valence-electron chi connectivity index (χ1n) is 4.90. The van der Waals surface area contributed by atoms with Gasteiger partial charge in [-0.05, 0) is 20.3 Å². The summed E-state index contributed by atoms with van der Waals surface area (Å²) in [5.74, 6) is -2.54. The topological polar surface area (TPSA) is 80.7 Å². The fourth-order valence-electron chi connectivity index (χ4n) is 1.03. The van der Waals surface area contributed by atoms with Crippen LogP contribution in [-0.4, -0.2) is 29.4 Å². The molecule has 0 saturated carbocycles. The lowest BCUT2D eigenvalue weighted by molar-refractivity contribution is -0.150. The van der Waals surface area contributed by atoms with Crippen LogP contribution >= 0.6 is 0 Å². The Morgan fingerprint density at radius 3 is 2.33 bits per heavy atom. The maximum atomic E-state index is 11.3. The van der Waals surface area contributed by atoms with Gasteiger partial charge in [-0.3, -0.25) is 14.4 Å². The number of hydrogen-bond donors (Lipinski definition) is 1. The van der Waals surface area contributed by atoms with E-state index in [9.17, 15) is 14.4 Å². The molecule has 1 N–H and O–H groups in total. The van der Waals surface area contributed by atoms with Crippen molar-refractivity contribution in [2.24, 2.45) is 5.92 Å². The molecule has 0 heterocycles. The van der Waals surface area contributed by atoms with Gasteiger partial charge in [0.2, 0.25) is 0 Å². The molecular weight excluding hydrogens is 200 g/mol. The van der Waals surface area contributed by atoms with Gasteiger partial charge in [0, 0.05) is 12.8 Å². The van der Waals surface area contributed by atoms with Crippen LogP contribution in [0.4, 0.5) is 0 Å². The third-order valence-electron chi connectivity index (χ3n) is 1.94. The van der Waals surface area contributed by atoms with Crippen LogP contribution in [0.25, 0.3) is 0 Å². The van der Waals surface area contributed by atoms with Crippen LogP contribution in [0.2, 0.25) is 0 Å². The lowest BCUT2D eigenvalue weighted by atomic mass is 10.0. The van der Waals surface area contributed by atoms with Gasteiger partial charge < -0.3 is 9.84 Å². The Kier molecular flexibility index (Phi) is 6.33. The van der Waals surface area contributed by atoms with Crippen LogP contribution in [0.1, 0.15) is 33.1 Å². The second-order valence-electron chi connectivity index (χ2n) is 3.19. The van der Waals surface area contributed by atoms with E-state index in [1.807, 2.05) is 0 Å². The van der Waals surface area contributed by atoms with Crippen LogP contribution < -0.4 is 0 Å². The number of rotatable bonds is 7. The average Bonchev–Trinajstić information content (AvgIpc) is 2.16. The minimum atomic E-state index is -0.938. The van der Waals surface area contributed by atoms with Crippen molar-refractivity contribution in [3.05, 3.63) is 0 Å². The number of esters is 1. The molecule has 1 atom stereocenters. The molecule has 1 unspecified atom stereocenters. The highest BCUT2D eigenvalue weighted by atomic mass is 16.5. The summed E-state index contributed by atoms with van der Waals surface area (Å²) >= 11 is 0. The van der Waals surface area contributed by atoms with E-state index in [-0.39, 0.29) is 31.7 Å². The summed E-state index contributed by atoms with van der Waals surface area (Å²) < 4.78 is 4.68. The van der Waals surface area contributed by atoms with Crippen molar-refractivity contribution in [1.29, 1.82) is 0 Å². The van der Waals surface area contributed by atoms with Crippen molar-refractivity contribution in [2.75, 3.05) is 6.61 Å². The molecule has 0 aliphatic carbocycles. The van der Waals surface area contributed by atoms with Crippen molar-refractivity contribution in [3.8, 4) is 0 Å². The molecule has 0 aromatic rings. The Morgan fingerprint density at radius 2 is 1.87 bits per heavy atom. The number of carboxylic acid groups (broad SMARTS) is 1. The van der Waals surface area contributed by atoms with Crippen molar-refractivity contribution < 1.29 is 24.2 Å². The second kappa shape index (κ2) is 6.98. The van der Waals surface area contributed by atoms with E-state index in [0.29, 0.717) is 0 Å². The number of aliphatic carboxylic acids is 1. The Labute approximate surface area is 88.4 Å². The molecule has 0 aliphatic heterocycles. The summed E-state index contributed by atoms with van der Waals surface area (Å²) in [6.07, 6.45) is 0.311. The highest BCUT2D eigenvalue weighted by molar-refractivity contribution is 5.98. The number of carbonyl (C=O) groups is 3. The zero-order valence-electron chi connectivity index (χ0n) is 8.99. The minimum absolute atomic E-state index is 0.0543. The van der Waals surface area contributed by atoms with Gasteiger partial charge in [-0.15, -0.1) is 0 Å². The van der Waals surface area contributed by atoms with Crippen LogP contribution in [0.5, 0.6) is 0 Å². The third kappa shape index (κ3) is 5.83. The fourth-order valence-corrected chi connectivity index (χ4v) is 1.03. The molecule has 0 radical (unpaired) electrons. The monoisotopic (exact) mass is 216 g/mol. The molecule has 0 aromatic carbocycles. The van der Waals surface area contributed by atoms with Crippen LogP contribution in [0, 0.1) is 5.92 Å². The SMILES string of the molecule is CCOC(=O)C(C)C(=O)CCCC(=O)O. The first kappa shape index (κ1) is 13.6. The highest BCUT2D eigenvalue weighted by Crippen LogP contribution is 2.07. The first-order valence-corrected chi connectivity index (χ1v) is 4.90. The van der Waals surface area contributed by atoms with E-state index < -0.39 is 17.9 Å². The zero-order chi connectivity index (χ0) is 11.8. The van der Waals surface area contributed by atoms with Gasteiger partial charge in [0.1, 0.15) is 11.7 Å². The molecule has 0 spiro atoms. The van der Waals surface area contributed by atoms with E-state index in [4.69, 9.17) is 5.11 Å². The van der Waals surface area contributed by atoms with Gasteiger partial charge in [0.05, 0.1) is 6.61 Å². The number of hydrogen-bond acceptors (Lipinski definition) is 4. The molecule has 0 bridgehead atoms. The summed E-state index contributed by atoms with van der Waals surface area (Å²) in [4.78, 5) is 32.7. The zero-order valence-corrected chi connectivity index (χ0v) is 8.99. The summed E-state index contributed by atoms with van der Waals surface area (Å²) in [5, 5.41) is 8.36. The van der Waals surface area contributed by atoms with E-state index >= 15 is 0 Å². The van der Waals surface area contributed by atoms with Gasteiger partial charge in [-0.2, -0.15) is 0 Å². The normalized spacial score (nSPS) is 11.9. The summed E-state index contributed by atoms with van der Waals surface area (Å²) in [7, 11) is 0. The molecule has 86 valence electrons. The molecule has 0 aliphatic rings. The Morgan fingerprint density at radius 1 is 1.27 bits per heavy atom. The first-order chi connectivity index (χ1) is 6.99. The molecule has 0 fully saturated rings. The predicted octanol–water partition coefficient (Wildman–Crippen LogP) is 1.01. The smallest absolute Gasteiger partial charge is 0.316 e. The molecule has 0 aromatic heterocycles. The summed E-state index contributed by atoms with van der Waals surface area (Å²) in [5.41, 5.74) is 0. The van der Waals surface area contributed by atoms with Crippen molar-refractivity contribution in [2.45, 2.75) is 33.1 Å². The quantitative estimate of drug-likeness (QED) is 0.507. The van der Waals surface area contributed by atoms with Gasteiger partial charge in [-0.25, -0.2) is 0 Å². The number of ether oxygens (including phenoxy) is 1. The highest BCUT2D eigenvalue weighted by Gasteiger charge is 2.21.